The molecule has 0 radical (unpaired) electrons. The molecule has 0 bridgehead atoms. The fourth-order valence-electron chi connectivity index (χ4n) is 3.94. The molecule has 1 N–H and O–H groups in total. The molecule has 31 heavy (non-hydrogen) atoms. The second kappa shape index (κ2) is 11.0. The van der Waals surface area contributed by atoms with Gasteiger partial charge in [0.2, 0.25) is 11.7 Å². The zero-order valence-electron chi connectivity index (χ0n) is 18.9. The first-order valence-electron chi connectivity index (χ1n) is 10.6. The molecule has 1 aliphatic heterocycles. The van der Waals surface area contributed by atoms with Gasteiger partial charge in [-0.25, -0.2) is 0 Å². The predicted octanol–water partition coefficient (Wildman–Crippen LogP) is 2.53. The number of methoxy groups -OCH3 is 3. The summed E-state index contributed by atoms with van der Waals surface area (Å²) >= 11 is 0. The van der Waals surface area contributed by atoms with Crippen molar-refractivity contribution in [3.8, 4) is 17.2 Å². The van der Waals surface area contributed by atoms with Crippen molar-refractivity contribution >= 4 is 5.91 Å². The lowest BCUT2D eigenvalue weighted by atomic mass is 10.1. The molecule has 0 unspecified atom stereocenters. The Hall–Kier alpha value is -2.77. The number of hydrogen-bond acceptors (Lipinski definition) is 6. The van der Waals surface area contributed by atoms with E-state index in [9.17, 15) is 4.79 Å². The van der Waals surface area contributed by atoms with Crippen molar-refractivity contribution in [1.82, 2.24) is 15.1 Å². The summed E-state index contributed by atoms with van der Waals surface area (Å²) in [6.07, 6.45) is 0. The maximum atomic E-state index is 12.6. The predicted molar refractivity (Wildman–Crippen MR) is 121 cm³/mol. The zero-order valence-corrected chi connectivity index (χ0v) is 18.9. The summed E-state index contributed by atoms with van der Waals surface area (Å²) in [6.45, 7) is 6.75. The Bertz CT molecular complexity index is 851. The Labute approximate surface area is 184 Å². The first-order valence-corrected chi connectivity index (χ1v) is 10.6. The van der Waals surface area contributed by atoms with Gasteiger partial charge in [-0.1, -0.05) is 36.4 Å². The monoisotopic (exact) mass is 427 g/mol. The number of nitrogens with one attached hydrogen (secondary N) is 1. The minimum absolute atomic E-state index is 0.0684. The SMILES string of the molecule is COc1ccc(CN2CCN([C@@H](C)C(=O)NCc3ccccc3)CC2)c(OC)c1OC. The van der Waals surface area contributed by atoms with Crippen molar-refractivity contribution in [3.63, 3.8) is 0 Å². The number of ether oxygens (including phenoxy) is 3. The minimum Gasteiger partial charge on any atom is -0.493 e. The Morgan fingerprint density at radius 3 is 2.23 bits per heavy atom. The van der Waals surface area contributed by atoms with Crippen molar-refractivity contribution in [1.29, 1.82) is 0 Å². The highest BCUT2D eigenvalue weighted by molar-refractivity contribution is 5.81. The van der Waals surface area contributed by atoms with E-state index in [-0.39, 0.29) is 11.9 Å². The fraction of sp³-hybridized carbons (Fsp3) is 0.458. The van der Waals surface area contributed by atoms with Crippen LogP contribution in [0.4, 0.5) is 0 Å². The van der Waals surface area contributed by atoms with Crippen LogP contribution < -0.4 is 19.5 Å². The Balaban J connectivity index is 1.53. The standard InChI is InChI=1S/C24H33N3O4/c1-18(24(28)25-16-19-8-6-5-7-9-19)27-14-12-26(13-15-27)17-20-10-11-21(29-2)23(31-4)22(20)30-3/h5-11,18H,12-17H2,1-4H3,(H,25,28)/t18-/m0/s1. The van der Waals surface area contributed by atoms with Crippen LogP contribution in [0.3, 0.4) is 0 Å². The van der Waals surface area contributed by atoms with Crippen LogP contribution >= 0.6 is 0 Å². The van der Waals surface area contributed by atoms with Gasteiger partial charge in [-0.3, -0.25) is 14.6 Å². The Morgan fingerprint density at radius 2 is 1.61 bits per heavy atom. The maximum absolute atomic E-state index is 12.6. The van der Waals surface area contributed by atoms with Crippen LogP contribution in [0.5, 0.6) is 17.2 Å². The number of benzene rings is 2. The van der Waals surface area contributed by atoms with Crippen LogP contribution in [-0.4, -0.2) is 69.3 Å². The molecule has 3 rings (SSSR count). The molecule has 1 fully saturated rings. The van der Waals surface area contributed by atoms with E-state index in [1.807, 2.05) is 49.4 Å². The van der Waals surface area contributed by atoms with Crippen molar-refractivity contribution in [3.05, 3.63) is 53.6 Å². The zero-order chi connectivity index (χ0) is 22.2. The van der Waals surface area contributed by atoms with E-state index >= 15 is 0 Å². The third-order valence-electron chi connectivity index (χ3n) is 5.82. The Kier molecular flexibility index (Phi) is 8.14. The molecule has 1 aliphatic rings. The first-order chi connectivity index (χ1) is 15.1. The minimum atomic E-state index is -0.151. The third kappa shape index (κ3) is 5.68. The van der Waals surface area contributed by atoms with E-state index in [4.69, 9.17) is 14.2 Å². The summed E-state index contributed by atoms with van der Waals surface area (Å²) in [5.41, 5.74) is 2.17. The van der Waals surface area contributed by atoms with Gasteiger partial charge in [0.25, 0.3) is 0 Å². The lowest BCUT2D eigenvalue weighted by Crippen LogP contribution is -2.53. The summed E-state index contributed by atoms with van der Waals surface area (Å²) in [7, 11) is 4.88. The number of carbonyl (C=O) groups excluding carboxylic acids is 1. The van der Waals surface area contributed by atoms with E-state index in [2.05, 4.69) is 15.1 Å². The number of carbonyl (C=O) groups is 1. The van der Waals surface area contributed by atoms with Crippen molar-refractivity contribution in [2.75, 3.05) is 47.5 Å². The molecule has 7 heteroatoms. The molecule has 2 aromatic carbocycles. The molecule has 0 aromatic heterocycles. The lowest BCUT2D eigenvalue weighted by Gasteiger charge is -2.37. The average Bonchev–Trinajstić information content (AvgIpc) is 2.82. The van der Waals surface area contributed by atoms with Gasteiger partial charge in [0.15, 0.2) is 11.5 Å². The summed E-state index contributed by atoms with van der Waals surface area (Å²) in [4.78, 5) is 17.2. The van der Waals surface area contributed by atoms with Crippen molar-refractivity contribution in [2.45, 2.75) is 26.1 Å². The van der Waals surface area contributed by atoms with Gasteiger partial charge in [0.1, 0.15) is 0 Å². The van der Waals surface area contributed by atoms with Gasteiger partial charge in [-0.15, -0.1) is 0 Å². The quantitative estimate of drug-likeness (QED) is 0.664. The van der Waals surface area contributed by atoms with Crippen molar-refractivity contribution < 1.29 is 19.0 Å². The van der Waals surface area contributed by atoms with Crippen LogP contribution in [0, 0.1) is 0 Å². The second-order valence-corrected chi connectivity index (χ2v) is 7.68. The molecular weight excluding hydrogens is 394 g/mol. The number of piperazine rings is 1. The molecule has 1 saturated heterocycles. The highest BCUT2D eigenvalue weighted by atomic mass is 16.5. The highest BCUT2D eigenvalue weighted by Gasteiger charge is 2.26. The molecule has 1 heterocycles. The number of amides is 1. The topological polar surface area (TPSA) is 63.3 Å². The number of rotatable bonds is 9. The van der Waals surface area contributed by atoms with E-state index in [0.717, 1.165) is 43.9 Å². The maximum Gasteiger partial charge on any atom is 0.237 e. The summed E-state index contributed by atoms with van der Waals surface area (Å²) in [6, 6.07) is 13.8. The van der Waals surface area contributed by atoms with Crippen molar-refractivity contribution in [2.24, 2.45) is 0 Å². The second-order valence-electron chi connectivity index (χ2n) is 7.68. The molecule has 0 saturated carbocycles. The normalized spacial score (nSPS) is 15.9. The molecule has 7 nitrogen and oxygen atoms in total. The largest absolute Gasteiger partial charge is 0.493 e. The fourth-order valence-corrected chi connectivity index (χ4v) is 3.94. The highest BCUT2D eigenvalue weighted by Crippen LogP contribution is 2.40. The number of hydrogen-bond donors (Lipinski definition) is 1. The molecule has 1 atom stereocenters. The summed E-state index contributed by atoms with van der Waals surface area (Å²) in [5, 5.41) is 3.05. The number of nitrogens with zero attached hydrogens (tertiary/aromatic N) is 2. The van der Waals surface area contributed by atoms with Crippen LogP contribution in [0.2, 0.25) is 0 Å². The van der Waals surface area contributed by atoms with E-state index in [1.165, 1.54) is 0 Å². The van der Waals surface area contributed by atoms with Crippen LogP contribution in [0.25, 0.3) is 0 Å². The Morgan fingerprint density at radius 1 is 0.935 bits per heavy atom. The average molecular weight is 428 g/mol. The van der Waals surface area contributed by atoms with Crippen LogP contribution in [0.1, 0.15) is 18.1 Å². The van der Waals surface area contributed by atoms with E-state index in [0.29, 0.717) is 23.8 Å². The molecule has 0 spiro atoms. The third-order valence-corrected chi connectivity index (χ3v) is 5.82. The van der Waals surface area contributed by atoms with E-state index < -0.39 is 0 Å². The van der Waals surface area contributed by atoms with Gasteiger partial charge < -0.3 is 19.5 Å². The molecule has 0 aliphatic carbocycles. The van der Waals surface area contributed by atoms with Gasteiger partial charge in [-0.2, -0.15) is 0 Å². The molecule has 1 amide bonds. The smallest absolute Gasteiger partial charge is 0.237 e. The lowest BCUT2D eigenvalue weighted by molar-refractivity contribution is -0.126. The van der Waals surface area contributed by atoms with Crippen LogP contribution in [0.15, 0.2) is 42.5 Å². The summed E-state index contributed by atoms with van der Waals surface area (Å²) < 4.78 is 16.5. The van der Waals surface area contributed by atoms with Gasteiger partial charge >= 0.3 is 0 Å². The van der Waals surface area contributed by atoms with Crippen LogP contribution in [-0.2, 0) is 17.9 Å². The molecule has 168 valence electrons. The van der Waals surface area contributed by atoms with Gasteiger partial charge in [0, 0.05) is 44.8 Å². The first kappa shape index (κ1) is 22.9. The van der Waals surface area contributed by atoms with Gasteiger partial charge in [0.05, 0.1) is 27.4 Å². The van der Waals surface area contributed by atoms with Gasteiger partial charge in [-0.05, 0) is 18.6 Å². The molecular formula is C24H33N3O4. The summed E-state index contributed by atoms with van der Waals surface area (Å²) in [5.74, 6) is 2.05. The molecule has 2 aromatic rings. The van der Waals surface area contributed by atoms with E-state index in [1.54, 1.807) is 21.3 Å².